The smallest absolute Gasteiger partial charge is 0.368 e. The predicted molar refractivity (Wildman–Crippen MR) is 118 cm³/mol. The van der Waals surface area contributed by atoms with Gasteiger partial charge in [0, 0.05) is 44.1 Å². The van der Waals surface area contributed by atoms with Gasteiger partial charge in [-0.2, -0.15) is 13.2 Å². The van der Waals surface area contributed by atoms with Gasteiger partial charge in [-0.25, -0.2) is 13.8 Å². The standard InChI is InChI=1S/C23H22ClF5N4O/c1-13(2)9-14-10-16(23(27,28)29)21-30-19(20(24)33(21)12-14)22(34)32-7-5-31(6-8-32)15-3-4-17(25)18(26)11-15/h3-4,10-13H,5-9H2,1-2H3. The van der Waals surface area contributed by atoms with Gasteiger partial charge in [-0.15, -0.1) is 0 Å². The maximum Gasteiger partial charge on any atom is 0.419 e. The molecule has 2 aromatic heterocycles. The summed E-state index contributed by atoms with van der Waals surface area (Å²) in [6.07, 6.45) is -2.78. The van der Waals surface area contributed by atoms with Crippen molar-refractivity contribution >= 4 is 28.8 Å². The van der Waals surface area contributed by atoms with E-state index in [9.17, 15) is 26.7 Å². The summed E-state index contributed by atoms with van der Waals surface area (Å²) in [6.45, 7) is 4.87. The highest BCUT2D eigenvalue weighted by atomic mass is 35.5. The Kier molecular flexibility index (Phi) is 6.46. The number of hydrogen-bond donors (Lipinski definition) is 0. The van der Waals surface area contributed by atoms with Gasteiger partial charge in [-0.3, -0.25) is 9.20 Å². The molecule has 1 aliphatic heterocycles. The molecule has 11 heteroatoms. The lowest BCUT2D eigenvalue weighted by Gasteiger charge is -2.35. The van der Waals surface area contributed by atoms with Crippen molar-refractivity contribution in [1.82, 2.24) is 14.3 Å². The van der Waals surface area contributed by atoms with Crippen LogP contribution < -0.4 is 4.90 Å². The number of piperazine rings is 1. The molecule has 1 saturated heterocycles. The highest BCUT2D eigenvalue weighted by Gasteiger charge is 2.36. The number of carbonyl (C=O) groups is 1. The Labute approximate surface area is 197 Å². The minimum Gasteiger partial charge on any atom is -0.368 e. The normalized spacial score (nSPS) is 15.0. The Morgan fingerprint density at radius 2 is 1.76 bits per heavy atom. The molecule has 0 spiro atoms. The van der Waals surface area contributed by atoms with Crippen molar-refractivity contribution in [2.45, 2.75) is 26.4 Å². The Balaban J connectivity index is 1.60. The molecule has 0 unspecified atom stereocenters. The molecule has 0 radical (unpaired) electrons. The number of nitrogens with zero attached hydrogens (tertiary/aromatic N) is 4. The molecule has 5 nitrogen and oxygen atoms in total. The second-order valence-electron chi connectivity index (χ2n) is 8.68. The first-order valence-corrected chi connectivity index (χ1v) is 11.1. The lowest BCUT2D eigenvalue weighted by molar-refractivity contribution is -0.136. The number of amides is 1. The minimum atomic E-state index is -4.67. The summed E-state index contributed by atoms with van der Waals surface area (Å²) in [7, 11) is 0. The van der Waals surface area contributed by atoms with Gasteiger partial charge in [-0.1, -0.05) is 25.4 Å². The monoisotopic (exact) mass is 500 g/mol. The van der Waals surface area contributed by atoms with E-state index in [1.165, 1.54) is 17.2 Å². The Hall–Kier alpha value is -2.88. The van der Waals surface area contributed by atoms with E-state index in [0.29, 0.717) is 30.8 Å². The van der Waals surface area contributed by atoms with Crippen LogP contribution in [-0.4, -0.2) is 46.4 Å². The number of hydrogen-bond acceptors (Lipinski definition) is 3. The average molecular weight is 501 g/mol. The highest BCUT2D eigenvalue weighted by Crippen LogP contribution is 2.35. The molecule has 182 valence electrons. The van der Waals surface area contributed by atoms with Gasteiger partial charge in [0.15, 0.2) is 23.0 Å². The van der Waals surface area contributed by atoms with Crippen molar-refractivity contribution in [3.05, 3.63) is 64.1 Å². The summed E-state index contributed by atoms with van der Waals surface area (Å²) in [5.74, 6) is -2.39. The zero-order valence-corrected chi connectivity index (χ0v) is 19.2. The molecule has 1 amide bonds. The minimum absolute atomic E-state index is 0.118. The van der Waals surface area contributed by atoms with E-state index >= 15 is 0 Å². The van der Waals surface area contributed by atoms with E-state index in [1.807, 2.05) is 13.8 Å². The van der Waals surface area contributed by atoms with Crippen molar-refractivity contribution in [3.63, 3.8) is 0 Å². The molecule has 1 aromatic carbocycles. The molecule has 34 heavy (non-hydrogen) atoms. The molecular formula is C23H22ClF5N4O. The molecule has 1 aliphatic rings. The van der Waals surface area contributed by atoms with Crippen LogP contribution in [0.5, 0.6) is 0 Å². The molecule has 0 saturated carbocycles. The van der Waals surface area contributed by atoms with E-state index in [1.54, 1.807) is 4.90 Å². The van der Waals surface area contributed by atoms with Crippen molar-refractivity contribution in [2.24, 2.45) is 5.92 Å². The fourth-order valence-corrected chi connectivity index (χ4v) is 4.35. The molecule has 3 aromatic rings. The van der Waals surface area contributed by atoms with Crippen LogP contribution >= 0.6 is 11.6 Å². The van der Waals surface area contributed by atoms with Crippen LogP contribution in [0.2, 0.25) is 5.15 Å². The van der Waals surface area contributed by atoms with Gasteiger partial charge in [0.1, 0.15) is 5.15 Å². The average Bonchev–Trinajstić information content (AvgIpc) is 3.10. The molecule has 3 heterocycles. The first-order chi connectivity index (χ1) is 16.0. The molecule has 4 rings (SSSR count). The molecule has 0 N–H and O–H groups in total. The summed E-state index contributed by atoms with van der Waals surface area (Å²) in [5.41, 5.74) is -0.712. The van der Waals surface area contributed by atoms with E-state index in [0.717, 1.165) is 22.6 Å². The second-order valence-corrected chi connectivity index (χ2v) is 9.04. The number of carbonyl (C=O) groups excluding carboxylic acids is 1. The van der Waals surface area contributed by atoms with E-state index < -0.39 is 34.9 Å². The number of rotatable bonds is 4. The summed E-state index contributed by atoms with van der Waals surface area (Å²) in [5, 5.41) is -0.181. The summed E-state index contributed by atoms with van der Waals surface area (Å²) >= 11 is 6.36. The number of halogens is 6. The third-order valence-electron chi connectivity index (χ3n) is 5.71. The third kappa shape index (κ3) is 4.68. The van der Waals surface area contributed by atoms with Crippen molar-refractivity contribution < 1.29 is 26.7 Å². The molecule has 1 fully saturated rings. The first-order valence-electron chi connectivity index (χ1n) is 10.7. The fraction of sp³-hybridized carbons (Fsp3) is 0.391. The van der Waals surface area contributed by atoms with Gasteiger partial charge in [-0.05, 0) is 36.1 Å². The van der Waals surface area contributed by atoms with Crippen LogP contribution in [0.4, 0.5) is 27.6 Å². The van der Waals surface area contributed by atoms with Crippen LogP contribution in [0.15, 0.2) is 30.5 Å². The maximum absolute atomic E-state index is 13.7. The third-order valence-corrected chi connectivity index (χ3v) is 6.07. The van der Waals surface area contributed by atoms with Crippen LogP contribution in [-0.2, 0) is 12.6 Å². The van der Waals surface area contributed by atoms with Crippen molar-refractivity contribution in [3.8, 4) is 0 Å². The molecule has 0 atom stereocenters. The SMILES string of the molecule is CC(C)Cc1cc(C(F)(F)F)c2nc(C(=O)N3CCN(c4ccc(F)c(F)c4)CC3)c(Cl)n2c1. The number of imidazole rings is 1. The quantitative estimate of drug-likeness (QED) is 0.448. The lowest BCUT2D eigenvalue weighted by atomic mass is 10.0. The van der Waals surface area contributed by atoms with Crippen molar-refractivity contribution in [2.75, 3.05) is 31.1 Å². The van der Waals surface area contributed by atoms with E-state index in [2.05, 4.69) is 4.98 Å². The summed E-state index contributed by atoms with van der Waals surface area (Å²) in [6, 6.07) is 4.61. The van der Waals surface area contributed by atoms with Gasteiger partial charge in [0.25, 0.3) is 5.91 Å². The fourth-order valence-electron chi connectivity index (χ4n) is 4.10. The van der Waals surface area contributed by atoms with E-state index in [4.69, 9.17) is 11.6 Å². The number of aromatic nitrogens is 2. The van der Waals surface area contributed by atoms with Gasteiger partial charge < -0.3 is 9.80 Å². The second kappa shape index (κ2) is 9.05. The van der Waals surface area contributed by atoms with Crippen LogP contribution in [0.1, 0.15) is 35.5 Å². The van der Waals surface area contributed by atoms with Crippen LogP contribution in [0.25, 0.3) is 5.65 Å². The predicted octanol–water partition coefficient (Wildman–Crippen LogP) is 5.45. The maximum atomic E-state index is 13.7. The Morgan fingerprint density at radius 1 is 1.09 bits per heavy atom. The lowest BCUT2D eigenvalue weighted by Crippen LogP contribution is -2.49. The highest BCUT2D eigenvalue weighted by molar-refractivity contribution is 6.33. The molecule has 0 aliphatic carbocycles. The molecule has 0 bridgehead atoms. The first kappa shape index (κ1) is 24.3. The topological polar surface area (TPSA) is 40.9 Å². The number of fused-ring (bicyclic) bond motifs is 1. The zero-order valence-electron chi connectivity index (χ0n) is 18.5. The number of benzene rings is 1. The Bertz CT molecular complexity index is 1230. The largest absolute Gasteiger partial charge is 0.419 e. The Morgan fingerprint density at radius 3 is 2.35 bits per heavy atom. The van der Waals surface area contributed by atoms with Gasteiger partial charge in [0.05, 0.1) is 5.56 Å². The summed E-state index contributed by atoms with van der Waals surface area (Å²) in [4.78, 5) is 20.3. The van der Waals surface area contributed by atoms with Gasteiger partial charge >= 0.3 is 6.18 Å². The van der Waals surface area contributed by atoms with Crippen LogP contribution in [0, 0.1) is 17.6 Å². The zero-order chi connectivity index (χ0) is 24.8. The number of anilines is 1. The van der Waals surface area contributed by atoms with Crippen molar-refractivity contribution in [1.29, 1.82) is 0 Å². The van der Waals surface area contributed by atoms with Gasteiger partial charge in [0.2, 0.25) is 0 Å². The number of alkyl halides is 3. The van der Waals surface area contributed by atoms with E-state index in [-0.39, 0.29) is 29.9 Å². The summed E-state index contributed by atoms with van der Waals surface area (Å²) < 4.78 is 69.1. The number of pyridine rings is 1. The molecular weight excluding hydrogens is 479 g/mol. The van der Waals surface area contributed by atoms with Crippen LogP contribution in [0.3, 0.4) is 0 Å².